The number of hydrogen-bond acceptors (Lipinski definition) is 3. The van der Waals surface area contributed by atoms with Gasteiger partial charge in [-0.05, 0) is 59.0 Å². The standard InChI is InChI=1S/C17H27N3O/c1-12-6-7-15(13(2)10-12)17-18-11-16(21)20(17)14(3)8-9-19(4)5/h6-7,10,14,17-18H,8-9,11H2,1-5H3. The predicted molar refractivity (Wildman–Crippen MR) is 86.1 cm³/mol. The molecule has 1 aromatic rings. The summed E-state index contributed by atoms with van der Waals surface area (Å²) in [6.45, 7) is 7.79. The highest BCUT2D eigenvalue weighted by Crippen LogP contribution is 2.28. The van der Waals surface area contributed by atoms with Crippen LogP contribution in [0.2, 0.25) is 0 Å². The minimum atomic E-state index is 0.00950. The van der Waals surface area contributed by atoms with Crippen molar-refractivity contribution in [2.24, 2.45) is 0 Å². The van der Waals surface area contributed by atoms with E-state index in [1.54, 1.807) is 0 Å². The number of carbonyl (C=O) groups is 1. The molecule has 1 aromatic carbocycles. The van der Waals surface area contributed by atoms with Crippen molar-refractivity contribution in [1.82, 2.24) is 15.1 Å². The van der Waals surface area contributed by atoms with Crippen molar-refractivity contribution in [2.45, 2.75) is 39.4 Å². The molecule has 0 aromatic heterocycles. The fourth-order valence-electron chi connectivity index (χ4n) is 2.99. The Hall–Kier alpha value is -1.39. The van der Waals surface area contributed by atoms with Crippen LogP contribution in [-0.4, -0.2) is 48.9 Å². The summed E-state index contributed by atoms with van der Waals surface area (Å²) in [5.41, 5.74) is 3.71. The van der Waals surface area contributed by atoms with Crippen LogP contribution >= 0.6 is 0 Å². The molecular formula is C17H27N3O. The van der Waals surface area contributed by atoms with Gasteiger partial charge in [0.25, 0.3) is 0 Å². The van der Waals surface area contributed by atoms with Crippen molar-refractivity contribution in [3.8, 4) is 0 Å². The molecular weight excluding hydrogens is 262 g/mol. The summed E-state index contributed by atoms with van der Waals surface area (Å²) in [5.74, 6) is 0.200. The summed E-state index contributed by atoms with van der Waals surface area (Å²) in [7, 11) is 4.14. The van der Waals surface area contributed by atoms with E-state index in [1.807, 2.05) is 4.90 Å². The molecule has 1 amide bonds. The summed E-state index contributed by atoms with van der Waals surface area (Å²) in [5, 5.41) is 3.36. The average molecular weight is 289 g/mol. The summed E-state index contributed by atoms with van der Waals surface area (Å²) in [4.78, 5) is 16.5. The molecule has 21 heavy (non-hydrogen) atoms. The van der Waals surface area contributed by atoms with Crippen molar-refractivity contribution in [3.05, 3.63) is 34.9 Å². The van der Waals surface area contributed by atoms with E-state index in [0.29, 0.717) is 6.54 Å². The number of nitrogens with one attached hydrogen (secondary N) is 1. The van der Waals surface area contributed by atoms with Crippen molar-refractivity contribution >= 4 is 5.91 Å². The normalized spacial score (nSPS) is 20.4. The first-order valence-corrected chi connectivity index (χ1v) is 7.66. The molecule has 2 unspecified atom stereocenters. The van der Waals surface area contributed by atoms with Gasteiger partial charge in [-0.1, -0.05) is 23.8 Å². The summed E-state index contributed by atoms with van der Waals surface area (Å²) in [6.07, 6.45) is 0.997. The summed E-state index contributed by atoms with van der Waals surface area (Å²) in [6, 6.07) is 6.69. The highest BCUT2D eigenvalue weighted by atomic mass is 16.2. The van der Waals surface area contributed by atoms with Crippen LogP contribution in [0.25, 0.3) is 0 Å². The first kappa shape index (κ1) is 16.0. The van der Waals surface area contributed by atoms with Gasteiger partial charge in [0.15, 0.2) is 0 Å². The van der Waals surface area contributed by atoms with Gasteiger partial charge in [-0.2, -0.15) is 0 Å². The quantitative estimate of drug-likeness (QED) is 0.901. The molecule has 0 bridgehead atoms. The lowest BCUT2D eigenvalue weighted by Gasteiger charge is -2.32. The van der Waals surface area contributed by atoms with Gasteiger partial charge in [-0.15, -0.1) is 0 Å². The van der Waals surface area contributed by atoms with Crippen LogP contribution in [0.4, 0.5) is 0 Å². The third kappa shape index (κ3) is 3.63. The molecule has 0 radical (unpaired) electrons. The number of amides is 1. The second-order valence-corrected chi connectivity index (χ2v) is 6.39. The van der Waals surface area contributed by atoms with E-state index in [9.17, 15) is 4.79 Å². The van der Waals surface area contributed by atoms with Gasteiger partial charge < -0.3 is 9.80 Å². The number of benzene rings is 1. The van der Waals surface area contributed by atoms with Gasteiger partial charge in [-0.25, -0.2) is 0 Å². The fourth-order valence-corrected chi connectivity index (χ4v) is 2.99. The molecule has 1 saturated heterocycles. The Morgan fingerprint density at radius 3 is 2.71 bits per heavy atom. The van der Waals surface area contributed by atoms with Crippen LogP contribution in [0.5, 0.6) is 0 Å². The first-order chi connectivity index (χ1) is 9.90. The zero-order valence-electron chi connectivity index (χ0n) is 13.8. The molecule has 1 N–H and O–H groups in total. The first-order valence-electron chi connectivity index (χ1n) is 7.66. The molecule has 4 heteroatoms. The van der Waals surface area contributed by atoms with E-state index in [2.05, 4.69) is 63.3 Å². The van der Waals surface area contributed by atoms with E-state index in [-0.39, 0.29) is 18.1 Å². The van der Waals surface area contributed by atoms with Crippen LogP contribution in [0.1, 0.15) is 36.2 Å². The summed E-state index contributed by atoms with van der Waals surface area (Å²) >= 11 is 0. The third-order valence-corrected chi connectivity index (χ3v) is 4.20. The van der Waals surface area contributed by atoms with Crippen LogP contribution in [0.3, 0.4) is 0 Å². The van der Waals surface area contributed by atoms with Gasteiger partial charge >= 0.3 is 0 Å². The maximum atomic E-state index is 12.3. The molecule has 0 aliphatic carbocycles. The van der Waals surface area contributed by atoms with Gasteiger partial charge in [0, 0.05) is 6.04 Å². The second kappa shape index (κ2) is 6.58. The zero-order chi connectivity index (χ0) is 15.6. The predicted octanol–water partition coefficient (Wildman–Crippen LogP) is 2.07. The molecule has 0 saturated carbocycles. The Balaban J connectivity index is 2.19. The van der Waals surface area contributed by atoms with Crippen LogP contribution in [0, 0.1) is 13.8 Å². The van der Waals surface area contributed by atoms with E-state index in [0.717, 1.165) is 13.0 Å². The fraction of sp³-hybridized carbons (Fsp3) is 0.588. The second-order valence-electron chi connectivity index (χ2n) is 6.39. The molecule has 1 heterocycles. The zero-order valence-corrected chi connectivity index (χ0v) is 13.8. The molecule has 2 rings (SSSR count). The monoisotopic (exact) mass is 289 g/mol. The Morgan fingerprint density at radius 2 is 2.10 bits per heavy atom. The van der Waals surface area contributed by atoms with Crippen LogP contribution in [-0.2, 0) is 4.79 Å². The lowest BCUT2D eigenvalue weighted by Crippen LogP contribution is -2.39. The minimum Gasteiger partial charge on any atom is -0.319 e. The van der Waals surface area contributed by atoms with Gasteiger partial charge in [-0.3, -0.25) is 10.1 Å². The number of carbonyl (C=O) groups excluding carboxylic acids is 1. The maximum Gasteiger partial charge on any atom is 0.238 e. The molecule has 0 spiro atoms. The molecule has 1 aliphatic rings. The van der Waals surface area contributed by atoms with E-state index in [4.69, 9.17) is 0 Å². The lowest BCUT2D eigenvalue weighted by molar-refractivity contribution is -0.130. The van der Waals surface area contributed by atoms with Crippen molar-refractivity contribution in [2.75, 3.05) is 27.2 Å². The van der Waals surface area contributed by atoms with Crippen molar-refractivity contribution in [3.63, 3.8) is 0 Å². The molecule has 4 nitrogen and oxygen atoms in total. The highest BCUT2D eigenvalue weighted by Gasteiger charge is 2.35. The Labute approximate surface area is 128 Å². The lowest BCUT2D eigenvalue weighted by atomic mass is 10.0. The van der Waals surface area contributed by atoms with Crippen LogP contribution in [0.15, 0.2) is 18.2 Å². The minimum absolute atomic E-state index is 0.00950. The van der Waals surface area contributed by atoms with Gasteiger partial charge in [0.1, 0.15) is 6.17 Å². The Kier molecular flexibility index (Phi) is 5.01. The van der Waals surface area contributed by atoms with E-state index in [1.165, 1.54) is 16.7 Å². The maximum absolute atomic E-state index is 12.3. The Bertz CT molecular complexity index is 513. The molecule has 116 valence electrons. The van der Waals surface area contributed by atoms with E-state index >= 15 is 0 Å². The van der Waals surface area contributed by atoms with Crippen LogP contribution < -0.4 is 5.32 Å². The number of hydrogen-bond donors (Lipinski definition) is 1. The van der Waals surface area contributed by atoms with Gasteiger partial charge in [0.2, 0.25) is 5.91 Å². The number of rotatable bonds is 5. The molecule has 1 fully saturated rings. The van der Waals surface area contributed by atoms with Crippen molar-refractivity contribution in [1.29, 1.82) is 0 Å². The molecule has 1 aliphatic heterocycles. The SMILES string of the molecule is Cc1ccc(C2NCC(=O)N2C(C)CCN(C)C)c(C)c1. The van der Waals surface area contributed by atoms with E-state index < -0.39 is 0 Å². The largest absolute Gasteiger partial charge is 0.319 e. The third-order valence-electron chi connectivity index (χ3n) is 4.20. The smallest absolute Gasteiger partial charge is 0.238 e. The topological polar surface area (TPSA) is 35.6 Å². The average Bonchev–Trinajstić information content (AvgIpc) is 2.78. The highest BCUT2D eigenvalue weighted by molar-refractivity contribution is 5.81. The summed E-state index contributed by atoms with van der Waals surface area (Å²) < 4.78 is 0. The van der Waals surface area contributed by atoms with Gasteiger partial charge in [0.05, 0.1) is 6.54 Å². The number of nitrogens with zero attached hydrogens (tertiary/aromatic N) is 2. The Morgan fingerprint density at radius 1 is 1.38 bits per heavy atom. The number of aryl methyl sites for hydroxylation is 2. The molecule has 2 atom stereocenters. The van der Waals surface area contributed by atoms with Crippen molar-refractivity contribution < 1.29 is 4.79 Å².